The minimum atomic E-state index is -3.00. The maximum atomic E-state index is 12.5. The van der Waals surface area contributed by atoms with Crippen molar-refractivity contribution in [2.75, 3.05) is 6.54 Å². The summed E-state index contributed by atoms with van der Waals surface area (Å²) in [6.45, 7) is 1.44. The van der Waals surface area contributed by atoms with Crippen LogP contribution in [0.1, 0.15) is 30.6 Å². The summed E-state index contributed by atoms with van der Waals surface area (Å²) in [7, 11) is 0. The molecule has 144 valence electrons. The van der Waals surface area contributed by atoms with Crippen molar-refractivity contribution in [2.45, 2.75) is 39.0 Å². The van der Waals surface area contributed by atoms with Crippen molar-refractivity contribution in [1.82, 2.24) is 15.2 Å². The number of nitrogens with zero attached hydrogens (tertiary/aromatic N) is 2. The van der Waals surface area contributed by atoms with Gasteiger partial charge in [0.15, 0.2) is 0 Å². The zero-order valence-electron chi connectivity index (χ0n) is 14.7. The van der Waals surface area contributed by atoms with Gasteiger partial charge in [-0.3, -0.25) is 14.6 Å². The van der Waals surface area contributed by atoms with Gasteiger partial charge in [0.2, 0.25) is 5.91 Å². The van der Waals surface area contributed by atoms with E-state index in [1.54, 1.807) is 4.90 Å². The molecule has 1 atom stereocenters. The van der Waals surface area contributed by atoms with Gasteiger partial charge in [-0.15, -0.1) is 0 Å². The van der Waals surface area contributed by atoms with E-state index in [1.807, 2.05) is 13.8 Å². The number of nitrogens with one attached hydrogen (secondary N) is 1. The third-order valence-electron chi connectivity index (χ3n) is 4.38. The largest absolute Gasteiger partial charge is 0.433 e. The highest BCUT2D eigenvalue weighted by Gasteiger charge is 2.34. The highest BCUT2D eigenvalue weighted by molar-refractivity contribution is 6.32. The van der Waals surface area contributed by atoms with E-state index in [4.69, 9.17) is 11.6 Å². The first-order chi connectivity index (χ1) is 12.8. The van der Waals surface area contributed by atoms with Crippen molar-refractivity contribution in [1.29, 1.82) is 0 Å². The molecule has 1 aliphatic rings. The molecule has 1 aliphatic heterocycles. The molecular weight excluding hydrogens is 380 g/mol. The second-order valence-corrected chi connectivity index (χ2v) is 6.93. The van der Waals surface area contributed by atoms with Crippen molar-refractivity contribution in [2.24, 2.45) is 0 Å². The summed E-state index contributed by atoms with van der Waals surface area (Å²) in [5.41, 5.74) is 0.603. The molecule has 2 aromatic rings. The number of hydrogen-bond donors (Lipinski definition) is 1. The first-order valence-electron chi connectivity index (χ1n) is 8.41. The molecule has 0 aliphatic carbocycles. The Kier molecular flexibility index (Phi) is 5.46. The Morgan fingerprint density at radius 3 is 2.74 bits per heavy atom. The first kappa shape index (κ1) is 19.3. The summed E-state index contributed by atoms with van der Waals surface area (Å²) in [5.74, 6) is -0.726. The number of aromatic nitrogens is 1. The smallest absolute Gasteiger partial charge is 0.387 e. The quantitative estimate of drug-likeness (QED) is 0.840. The van der Waals surface area contributed by atoms with Gasteiger partial charge in [-0.25, -0.2) is 0 Å². The summed E-state index contributed by atoms with van der Waals surface area (Å²) < 4.78 is 29.1. The summed E-state index contributed by atoms with van der Waals surface area (Å²) >= 11 is 5.94. The van der Waals surface area contributed by atoms with Crippen LogP contribution in [0.3, 0.4) is 0 Å². The molecule has 1 aromatic heterocycles. The second kappa shape index (κ2) is 7.64. The van der Waals surface area contributed by atoms with E-state index < -0.39 is 18.6 Å². The van der Waals surface area contributed by atoms with Crippen LogP contribution in [0, 0.1) is 0 Å². The summed E-state index contributed by atoms with van der Waals surface area (Å²) in [6.07, 6.45) is 1.86. The number of ether oxygens (including phenoxy) is 1. The van der Waals surface area contributed by atoms with Crippen molar-refractivity contribution >= 4 is 34.3 Å². The van der Waals surface area contributed by atoms with Crippen LogP contribution in [0.4, 0.5) is 8.78 Å². The van der Waals surface area contributed by atoms with Gasteiger partial charge in [0.05, 0.1) is 16.1 Å². The molecule has 0 spiro atoms. The van der Waals surface area contributed by atoms with Crippen molar-refractivity contribution in [3.63, 3.8) is 0 Å². The molecule has 9 heteroatoms. The van der Waals surface area contributed by atoms with Crippen LogP contribution in [-0.2, 0) is 4.79 Å². The number of alkyl halides is 2. The summed E-state index contributed by atoms with van der Waals surface area (Å²) in [6, 6.07) is 3.73. The zero-order valence-corrected chi connectivity index (χ0v) is 15.5. The van der Waals surface area contributed by atoms with Crippen LogP contribution < -0.4 is 10.1 Å². The number of rotatable bonds is 5. The lowest BCUT2D eigenvalue weighted by atomic mass is 10.1. The molecule has 1 aromatic carbocycles. The lowest BCUT2D eigenvalue weighted by Crippen LogP contribution is -2.43. The van der Waals surface area contributed by atoms with E-state index >= 15 is 0 Å². The number of carbonyl (C=O) groups is 2. The number of carbonyl (C=O) groups excluding carboxylic acids is 2. The van der Waals surface area contributed by atoms with Gasteiger partial charge in [-0.2, -0.15) is 8.78 Å². The number of benzene rings is 1. The molecule has 2 amide bonds. The molecule has 0 unspecified atom stereocenters. The summed E-state index contributed by atoms with van der Waals surface area (Å²) in [5, 5.41) is 3.20. The van der Waals surface area contributed by atoms with Crippen LogP contribution in [-0.4, -0.2) is 46.9 Å². The average molecular weight is 398 g/mol. The topological polar surface area (TPSA) is 71.5 Å². The Bertz CT molecular complexity index is 892. The molecule has 0 radical (unpaired) electrons. The molecule has 1 saturated heterocycles. The Morgan fingerprint density at radius 2 is 2.11 bits per heavy atom. The zero-order chi connectivity index (χ0) is 19.7. The van der Waals surface area contributed by atoms with Gasteiger partial charge in [0.1, 0.15) is 11.8 Å². The fourth-order valence-electron chi connectivity index (χ4n) is 3.03. The van der Waals surface area contributed by atoms with Crippen LogP contribution in [0.2, 0.25) is 5.02 Å². The maximum Gasteiger partial charge on any atom is 0.387 e. The standard InChI is InChI=1S/C18H18ClF2N3O3/c1-9(2)24-4-3-13(17(24)26)23-16(25)11-5-10-6-12(19)15(27-18(20)21)7-14(10)22-8-11/h5-9,13,18H,3-4H2,1-2H3,(H,23,25)/t13-/m0/s1. The number of halogens is 3. The van der Waals surface area contributed by atoms with E-state index in [2.05, 4.69) is 15.0 Å². The van der Waals surface area contributed by atoms with Crippen LogP contribution in [0.15, 0.2) is 24.4 Å². The second-order valence-electron chi connectivity index (χ2n) is 6.52. The first-order valence-corrected chi connectivity index (χ1v) is 8.79. The van der Waals surface area contributed by atoms with Crippen molar-refractivity contribution in [3.8, 4) is 5.75 Å². The molecule has 0 saturated carbocycles. The monoisotopic (exact) mass is 397 g/mol. The number of amides is 2. The van der Waals surface area contributed by atoms with Gasteiger partial charge >= 0.3 is 6.61 Å². The normalized spacial score (nSPS) is 17.2. The van der Waals surface area contributed by atoms with Crippen molar-refractivity contribution < 1.29 is 23.1 Å². The lowest BCUT2D eigenvalue weighted by Gasteiger charge is -2.21. The van der Waals surface area contributed by atoms with E-state index in [1.165, 1.54) is 24.4 Å². The van der Waals surface area contributed by atoms with E-state index in [0.29, 0.717) is 23.9 Å². The predicted octanol–water partition coefficient (Wildman–Crippen LogP) is 3.23. The molecular formula is C18H18ClF2N3O3. The minimum Gasteiger partial charge on any atom is -0.433 e. The fourth-order valence-corrected chi connectivity index (χ4v) is 3.25. The molecule has 1 fully saturated rings. The van der Waals surface area contributed by atoms with Gasteiger partial charge in [-0.1, -0.05) is 11.6 Å². The van der Waals surface area contributed by atoms with E-state index in [-0.39, 0.29) is 28.3 Å². The van der Waals surface area contributed by atoms with Crippen LogP contribution >= 0.6 is 11.6 Å². The SMILES string of the molecule is CC(C)N1CC[C@H](NC(=O)c2cnc3cc(OC(F)F)c(Cl)cc3c2)C1=O. The number of likely N-dealkylation sites (tertiary alicyclic amines) is 1. The molecule has 27 heavy (non-hydrogen) atoms. The number of hydrogen-bond acceptors (Lipinski definition) is 4. The lowest BCUT2D eigenvalue weighted by molar-refractivity contribution is -0.130. The minimum absolute atomic E-state index is 0.0132. The highest BCUT2D eigenvalue weighted by atomic mass is 35.5. The molecule has 1 N–H and O–H groups in total. The third-order valence-corrected chi connectivity index (χ3v) is 4.68. The molecule has 2 heterocycles. The third kappa shape index (κ3) is 4.10. The Labute approximate surface area is 159 Å². The Hall–Kier alpha value is -2.48. The number of fused-ring (bicyclic) bond motifs is 1. The van der Waals surface area contributed by atoms with Gasteiger partial charge < -0.3 is 15.0 Å². The van der Waals surface area contributed by atoms with Gasteiger partial charge in [0.25, 0.3) is 5.91 Å². The fraction of sp³-hybridized carbons (Fsp3) is 0.389. The van der Waals surface area contributed by atoms with E-state index in [9.17, 15) is 18.4 Å². The maximum absolute atomic E-state index is 12.5. The summed E-state index contributed by atoms with van der Waals surface area (Å²) in [4.78, 5) is 30.6. The molecule has 3 rings (SSSR count). The molecule has 0 bridgehead atoms. The Morgan fingerprint density at radius 1 is 1.37 bits per heavy atom. The van der Waals surface area contributed by atoms with Gasteiger partial charge in [0, 0.05) is 30.2 Å². The average Bonchev–Trinajstić information content (AvgIpc) is 2.95. The predicted molar refractivity (Wildman–Crippen MR) is 96.1 cm³/mol. The van der Waals surface area contributed by atoms with Crippen molar-refractivity contribution in [3.05, 3.63) is 35.0 Å². The number of pyridine rings is 1. The van der Waals surface area contributed by atoms with Crippen LogP contribution in [0.5, 0.6) is 5.75 Å². The Balaban J connectivity index is 1.79. The van der Waals surface area contributed by atoms with Gasteiger partial charge in [-0.05, 0) is 32.4 Å². The highest BCUT2D eigenvalue weighted by Crippen LogP contribution is 2.30. The molecule has 6 nitrogen and oxygen atoms in total. The van der Waals surface area contributed by atoms with E-state index in [0.717, 1.165) is 0 Å². The van der Waals surface area contributed by atoms with Crippen LogP contribution in [0.25, 0.3) is 10.9 Å².